The quantitative estimate of drug-likeness (QED) is 0.472. The second kappa shape index (κ2) is 4.02. The van der Waals surface area contributed by atoms with Crippen LogP contribution >= 0.6 is 12.6 Å². The van der Waals surface area contributed by atoms with E-state index in [1.807, 2.05) is 0 Å². The molecule has 0 aliphatic heterocycles. The first-order chi connectivity index (χ1) is 7.27. The molecular formula is C8H3F3N2O2S. The van der Waals surface area contributed by atoms with Gasteiger partial charge in [-0.15, -0.1) is 12.6 Å². The van der Waals surface area contributed by atoms with Crippen LogP contribution in [0.1, 0.15) is 11.1 Å². The van der Waals surface area contributed by atoms with Crippen LogP contribution in [0, 0.1) is 21.4 Å². The van der Waals surface area contributed by atoms with Gasteiger partial charge in [-0.05, 0) is 6.07 Å². The third-order valence-electron chi connectivity index (χ3n) is 1.73. The lowest BCUT2D eigenvalue weighted by Gasteiger charge is -2.07. The molecule has 0 aliphatic rings. The molecule has 0 aromatic heterocycles. The molecule has 1 aromatic carbocycles. The van der Waals surface area contributed by atoms with Gasteiger partial charge in [0, 0.05) is 6.07 Å². The fraction of sp³-hybridized carbons (Fsp3) is 0.125. The van der Waals surface area contributed by atoms with E-state index in [0.717, 1.165) is 0 Å². The topological polar surface area (TPSA) is 66.9 Å². The van der Waals surface area contributed by atoms with Crippen molar-refractivity contribution in [3.8, 4) is 6.07 Å². The van der Waals surface area contributed by atoms with Crippen molar-refractivity contribution in [3.05, 3.63) is 33.4 Å². The Balaban J connectivity index is 3.54. The Bertz CT molecular complexity index is 493. The second-order valence-electron chi connectivity index (χ2n) is 2.76. The Hall–Kier alpha value is -1.75. The Morgan fingerprint density at radius 1 is 1.44 bits per heavy atom. The van der Waals surface area contributed by atoms with Crippen molar-refractivity contribution >= 4 is 18.3 Å². The van der Waals surface area contributed by atoms with Crippen LogP contribution in [0.5, 0.6) is 0 Å². The summed E-state index contributed by atoms with van der Waals surface area (Å²) in [5.74, 6) is 0. The second-order valence-corrected chi connectivity index (χ2v) is 3.21. The van der Waals surface area contributed by atoms with Gasteiger partial charge in [-0.1, -0.05) is 0 Å². The Morgan fingerprint density at radius 2 is 2.00 bits per heavy atom. The molecule has 1 rings (SSSR count). The van der Waals surface area contributed by atoms with E-state index in [9.17, 15) is 23.3 Å². The number of nitro benzene ring substituents is 1. The van der Waals surface area contributed by atoms with Gasteiger partial charge in [-0.2, -0.15) is 18.4 Å². The van der Waals surface area contributed by atoms with Crippen molar-refractivity contribution < 1.29 is 18.1 Å². The Labute approximate surface area is 92.9 Å². The molecule has 0 atom stereocenters. The molecule has 0 saturated carbocycles. The van der Waals surface area contributed by atoms with Gasteiger partial charge in [-0.3, -0.25) is 10.1 Å². The molecule has 0 radical (unpaired) electrons. The number of nitro groups is 1. The zero-order valence-corrected chi connectivity index (χ0v) is 8.34. The van der Waals surface area contributed by atoms with Crippen LogP contribution in [-0.2, 0) is 6.18 Å². The van der Waals surface area contributed by atoms with Gasteiger partial charge in [0.25, 0.3) is 5.69 Å². The van der Waals surface area contributed by atoms with Gasteiger partial charge >= 0.3 is 6.18 Å². The number of thiol groups is 1. The van der Waals surface area contributed by atoms with Crippen LogP contribution in [0.4, 0.5) is 18.9 Å². The summed E-state index contributed by atoms with van der Waals surface area (Å²) in [5, 5.41) is 19.0. The maximum Gasteiger partial charge on any atom is 0.416 e. The minimum atomic E-state index is -4.74. The lowest BCUT2D eigenvalue weighted by molar-refractivity contribution is -0.388. The fourth-order valence-electron chi connectivity index (χ4n) is 1.01. The smallest absolute Gasteiger partial charge is 0.258 e. The van der Waals surface area contributed by atoms with Gasteiger partial charge in [0.2, 0.25) is 0 Å². The van der Waals surface area contributed by atoms with E-state index >= 15 is 0 Å². The van der Waals surface area contributed by atoms with Crippen LogP contribution in [0.3, 0.4) is 0 Å². The van der Waals surface area contributed by atoms with Crippen molar-refractivity contribution in [2.45, 2.75) is 11.1 Å². The van der Waals surface area contributed by atoms with Crippen LogP contribution in [0.25, 0.3) is 0 Å². The Kier molecular flexibility index (Phi) is 3.09. The molecule has 84 valence electrons. The molecule has 0 fully saturated rings. The number of halogens is 3. The first-order valence-corrected chi connectivity index (χ1v) is 4.20. The van der Waals surface area contributed by atoms with Crippen molar-refractivity contribution in [1.82, 2.24) is 0 Å². The number of nitrogens with zero attached hydrogens (tertiary/aromatic N) is 2. The minimum Gasteiger partial charge on any atom is -0.258 e. The molecule has 0 N–H and O–H groups in total. The molecule has 0 spiro atoms. The molecule has 0 heterocycles. The maximum absolute atomic E-state index is 12.3. The zero-order valence-electron chi connectivity index (χ0n) is 7.45. The molecule has 0 aliphatic carbocycles. The summed E-state index contributed by atoms with van der Waals surface area (Å²) < 4.78 is 37.0. The number of hydrogen-bond acceptors (Lipinski definition) is 4. The van der Waals surface area contributed by atoms with E-state index in [1.54, 1.807) is 0 Å². The van der Waals surface area contributed by atoms with Gasteiger partial charge in [0.05, 0.1) is 20.9 Å². The third-order valence-corrected chi connectivity index (χ3v) is 2.20. The minimum absolute atomic E-state index is 0.350. The highest BCUT2D eigenvalue weighted by molar-refractivity contribution is 7.80. The molecule has 0 amide bonds. The van der Waals surface area contributed by atoms with Gasteiger partial charge in [0.1, 0.15) is 6.07 Å². The average Bonchev–Trinajstić information content (AvgIpc) is 2.15. The van der Waals surface area contributed by atoms with E-state index in [-0.39, 0.29) is 4.90 Å². The molecule has 8 heteroatoms. The first kappa shape index (κ1) is 12.3. The number of hydrogen-bond donors (Lipinski definition) is 1. The zero-order chi connectivity index (χ0) is 12.5. The standard InChI is InChI=1S/C8H3F3N2O2S/c9-8(10,11)5-1-4(3-12)7(16)6(2-5)13(14)15/h1-2,16H. The summed E-state index contributed by atoms with van der Waals surface area (Å²) in [5.41, 5.74) is -2.56. The normalized spacial score (nSPS) is 10.9. The summed E-state index contributed by atoms with van der Waals surface area (Å²) >= 11 is 3.64. The van der Waals surface area contributed by atoms with Crippen molar-refractivity contribution in [2.75, 3.05) is 0 Å². The highest BCUT2D eigenvalue weighted by Gasteiger charge is 2.34. The van der Waals surface area contributed by atoms with Crippen molar-refractivity contribution in [1.29, 1.82) is 5.26 Å². The molecule has 1 aromatic rings. The monoisotopic (exact) mass is 248 g/mol. The van der Waals surface area contributed by atoms with Crippen LogP contribution in [0.2, 0.25) is 0 Å². The molecule has 0 unspecified atom stereocenters. The van der Waals surface area contributed by atoms with Crippen LogP contribution < -0.4 is 0 Å². The van der Waals surface area contributed by atoms with Gasteiger partial charge in [-0.25, -0.2) is 0 Å². The van der Waals surface area contributed by atoms with Crippen LogP contribution in [-0.4, -0.2) is 4.92 Å². The first-order valence-electron chi connectivity index (χ1n) is 3.76. The predicted octanol–water partition coefficient (Wildman–Crippen LogP) is 2.77. The lowest BCUT2D eigenvalue weighted by Crippen LogP contribution is -2.07. The molecule has 16 heavy (non-hydrogen) atoms. The van der Waals surface area contributed by atoms with Crippen molar-refractivity contribution in [3.63, 3.8) is 0 Å². The van der Waals surface area contributed by atoms with E-state index in [4.69, 9.17) is 5.26 Å². The number of nitriles is 1. The van der Waals surface area contributed by atoms with E-state index in [0.29, 0.717) is 12.1 Å². The molecular weight excluding hydrogens is 245 g/mol. The summed E-state index contributed by atoms with van der Waals surface area (Å²) in [6.45, 7) is 0. The van der Waals surface area contributed by atoms with Gasteiger partial charge < -0.3 is 0 Å². The van der Waals surface area contributed by atoms with E-state index in [2.05, 4.69) is 12.6 Å². The SMILES string of the molecule is N#Cc1cc(C(F)(F)F)cc([N+](=O)[O-])c1S. The highest BCUT2D eigenvalue weighted by atomic mass is 32.1. The maximum atomic E-state index is 12.3. The third kappa shape index (κ3) is 2.25. The number of benzene rings is 1. The fourth-order valence-corrected chi connectivity index (χ4v) is 1.27. The summed E-state index contributed by atoms with van der Waals surface area (Å²) in [6, 6.07) is 2.30. The Morgan fingerprint density at radius 3 is 2.38 bits per heavy atom. The molecule has 0 bridgehead atoms. The van der Waals surface area contributed by atoms with E-state index < -0.39 is 27.9 Å². The molecule has 4 nitrogen and oxygen atoms in total. The van der Waals surface area contributed by atoms with E-state index in [1.165, 1.54) is 6.07 Å². The largest absolute Gasteiger partial charge is 0.416 e. The molecule has 0 saturated heterocycles. The predicted molar refractivity (Wildman–Crippen MR) is 50.1 cm³/mol. The average molecular weight is 248 g/mol. The summed E-state index contributed by atoms with van der Waals surface area (Å²) in [4.78, 5) is 9.06. The van der Waals surface area contributed by atoms with Gasteiger partial charge in [0.15, 0.2) is 0 Å². The summed E-state index contributed by atoms with van der Waals surface area (Å²) in [6.07, 6.45) is -4.74. The number of alkyl halides is 3. The van der Waals surface area contributed by atoms with Crippen molar-refractivity contribution in [2.24, 2.45) is 0 Å². The van der Waals surface area contributed by atoms with Crippen LogP contribution in [0.15, 0.2) is 17.0 Å². The number of rotatable bonds is 1. The highest BCUT2D eigenvalue weighted by Crippen LogP contribution is 2.36. The lowest BCUT2D eigenvalue weighted by atomic mass is 10.1. The summed E-state index contributed by atoms with van der Waals surface area (Å²) in [7, 11) is 0.